The number of fused-ring (bicyclic) bond motifs is 1. The Bertz CT molecular complexity index is 1750. The zero-order valence-electron chi connectivity index (χ0n) is 30.7. The normalized spacial score (nSPS) is 14.8. The molecular weight excluding hydrogens is 697 g/mol. The van der Waals surface area contributed by atoms with Gasteiger partial charge >= 0.3 is 6.09 Å². The third kappa shape index (κ3) is 12.7. The van der Waals surface area contributed by atoms with Crippen molar-refractivity contribution in [2.75, 3.05) is 6.61 Å². The van der Waals surface area contributed by atoms with Crippen molar-refractivity contribution < 1.29 is 34.1 Å². The van der Waals surface area contributed by atoms with Gasteiger partial charge in [0, 0.05) is 35.3 Å². The molecule has 0 spiro atoms. The number of H-pyrrole nitrogens is 1. The van der Waals surface area contributed by atoms with Crippen LogP contribution in [0.15, 0.2) is 71.7 Å². The van der Waals surface area contributed by atoms with Gasteiger partial charge in [0.05, 0.1) is 42.4 Å². The smallest absolute Gasteiger partial charge is 0.408 e. The van der Waals surface area contributed by atoms with Gasteiger partial charge in [-0.25, -0.2) is 9.78 Å². The van der Waals surface area contributed by atoms with Crippen LogP contribution in [-0.4, -0.2) is 80.9 Å². The van der Waals surface area contributed by atoms with Crippen LogP contribution >= 0.6 is 11.3 Å². The fraction of sp³-hybridized carbons (Fsp3) is 0.462. The number of thiazole rings is 1. The van der Waals surface area contributed by atoms with Crippen molar-refractivity contribution in [2.45, 2.75) is 96.7 Å². The first-order valence-corrected chi connectivity index (χ1v) is 19.0. The number of rotatable bonds is 20. The number of benzene rings is 2. The SMILES string of the molecule is CC[C@H](C)[C@@H](CO)NC(=O)C[C@H](O)[C@H](CC(C)C)NC(=O)C(Cc1cscn1)NC(=O)[C@H](Cc1c[nH]c2ccccc12)NC(=O)OCc1ccccc1. The summed E-state index contributed by atoms with van der Waals surface area (Å²) < 4.78 is 5.45. The first kappa shape index (κ1) is 41.0. The summed E-state index contributed by atoms with van der Waals surface area (Å²) in [6.45, 7) is 7.51. The van der Waals surface area contributed by atoms with E-state index in [2.05, 4.69) is 31.2 Å². The predicted octanol–water partition coefficient (Wildman–Crippen LogP) is 3.99. The minimum Gasteiger partial charge on any atom is -0.445 e. The van der Waals surface area contributed by atoms with Crippen molar-refractivity contribution in [3.8, 4) is 0 Å². The molecule has 286 valence electrons. The largest absolute Gasteiger partial charge is 0.445 e. The molecule has 0 saturated heterocycles. The topological polar surface area (TPSA) is 195 Å². The second-order valence-electron chi connectivity index (χ2n) is 13.8. The molecule has 0 aliphatic carbocycles. The number of amides is 4. The minimum absolute atomic E-state index is 0.00116. The highest BCUT2D eigenvalue weighted by molar-refractivity contribution is 7.07. The first-order chi connectivity index (χ1) is 25.5. The van der Waals surface area contributed by atoms with Crippen molar-refractivity contribution >= 4 is 46.1 Å². The molecule has 2 aromatic carbocycles. The summed E-state index contributed by atoms with van der Waals surface area (Å²) in [5, 5.41) is 34.9. The molecule has 4 aromatic rings. The van der Waals surface area contributed by atoms with E-state index in [1.807, 2.05) is 82.3 Å². The van der Waals surface area contributed by atoms with Crippen LogP contribution in [0.25, 0.3) is 10.9 Å². The van der Waals surface area contributed by atoms with E-state index in [0.29, 0.717) is 12.1 Å². The number of carbonyl (C=O) groups excluding carboxylic acids is 4. The molecule has 4 amide bonds. The van der Waals surface area contributed by atoms with E-state index in [9.17, 15) is 29.4 Å². The Labute approximate surface area is 314 Å². The van der Waals surface area contributed by atoms with Gasteiger partial charge in [0.1, 0.15) is 18.7 Å². The van der Waals surface area contributed by atoms with Crippen LogP contribution in [0.4, 0.5) is 4.79 Å². The average molecular weight is 749 g/mol. The minimum atomic E-state index is -1.25. The number of nitrogens with one attached hydrogen (secondary N) is 5. The maximum absolute atomic E-state index is 14.1. The molecule has 0 radical (unpaired) electrons. The van der Waals surface area contributed by atoms with E-state index in [4.69, 9.17) is 4.74 Å². The third-order valence-corrected chi connectivity index (χ3v) is 9.87. The van der Waals surface area contributed by atoms with Crippen molar-refractivity contribution in [1.29, 1.82) is 0 Å². The molecule has 0 saturated carbocycles. The number of nitrogens with zero attached hydrogens (tertiary/aromatic N) is 1. The Morgan fingerprint density at radius 1 is 0.887 bits per heavy atom. The Morgan fingerprint density at radius 3 is 2.26 bits per heavy atom. The van der Waals surface area contributed by atoms with Gasteiger partial charge in [-0.1, -0.05) is 82.6 Å². The summed E-state index contributed by atoms with van der Waals surface area (Å²) in [6, 6.07) is 13.2. The summed E-state index contributed by atoms with van der Waals surface area (Å²) in [7, 11) is 0. The van der Waals surface area contributed by atoms with E-state index < -0.39 is 54.1 Å². The molecule has 0 bridgehead atoms. The molecule has 2 aromatic heterocycles. The Hall–Kier alpha value is -4.79. The zero-order chi connectivity index (χ0) is 38.3. The van der Waals surface area contributed by atoms with Crippen molar-refractivity contribution in [3.63, 3.8) is 0 Å². The molecule has 14 heteroatoms. The molecule has 0 aliphatic heterocycles. The Morgan fingerprint density at radius 2 is 1.58 bits per heavy atom. The van der Waals surface area contributed by atoms with Gasteiger partial charge < -0.3 is 41.2 Å². The lowest BCUT2D eigenvalue weighted by atomic mass is 9.95. The second-order valence-corrected chi connectivity index (χ2v) is 14.5. The fourth-order valence-electron chi connectivity index (χ4n) is 6.02. The molecule has 6 atom stereocenters. The highest BCUT2D eigenvalue weighted by atomic mass is 32.1. The third-order valence-electron chi connectivity index (χ3n) is 9.24. The number of ether oxygens (including phenoxy) is 1. The van der Waals surface area contributed by atoms with Crippen molar-refractivity contribution in [2.24, 2.45) is 11.8 Å². The second kappa shape index (κ2) is 20.5. The van der Waals surface area contributed by atoms with E-state index >= 15 is 0 Å². The van der Waals surface area contributed by atoms with Gasteiger partial charge in [-0.15, -0.1) is 11.3 Å². The highest BCUT2D eigenvalue weighted by Crippen LogP contribution is 2.20. The van der Waals surface area contributed by atoms with Crippen molar-refractivity contribution in [1.82, 2.24) is 31.2 Å². The molecule has 53 heavy (non-hydrogen) atoms. The molecular formula is C39H52N6O7S. The van der Waals surface area contributed by atoms with Gasteiger partial charge in [0.25, 0.3) is 0 Å². The first-order valence-electron chi connectivity index (χ1n) is 18.1. The fourth-order valence-corrected chi connectivity index (χ4v) is 6.59. The lowest BCUT2D eigenvalue weighted by Crippen LogP contribution is -2.57. The van der Waals surface area contributed by atoms with E-state index in [-0.39, 0.29) is 44.3 Å². The summed E-state index contributed by atoms with van der Waals surface area (Å²) >= 11 is 1.34. The number of aromatic amines is 1. The van der Waals surface area contributed by atoms with Crippen LogP contribution in [0, 0.1) is 11.8 Å². The van der Waals surface area contributed by atoms with Gasteiger partial charge in [-0.2, -0.15) is 0 Å². The molecule has 13 nitrogen and oxygen atoms in total. The molecule has 4 rings (SSSR count). The number of hydrogen-bond donors (Lipinski definition) is 7. The number of hydrogen-bond acceptors (Lipinski definition) is 9. The number of alkyl carbamates (subject to hydrolysis) is 1. The molecule has 0 fully saturated rings. The van der Waals surface area contributed by atoms with Crippen LogP contribution in [0.5, 0.6) is 0 Å². The standard InChI is InChI=1S/C39H52N6O7S/c1-5-25(4)34(20-46)42-36(48)18-35(47)31(15-24(2)3)43-38(50)33(17-28-22-53-23-41-28)44-37(49)32(16-27-19-40-30-14-10-9-13-29(27)30)45-39(51)52-21-26-11-7-6-8-12-26/h6-14,19,22-25,31-35,40,46-47H,5,15-18,20-21H2,1-4H3,(H,42,48)(H,43,50)(H,44,49)(H,45,51)/t25-,31-,32-,33?,34+,35-/m0/s1. The van der Waals surface area contributed by atoms with Crippen LogP contribution in [0.3, 0.4) is 0 Å². The van der Waals surface area contributed by atoms with Gasteiger partial charge in [-0.3, -0.25) is 14.4 Å². The Kier molecular flexibility index (Phi) is 15.8. The number of aliphatic hydroxyl groups is 2. The van der Waals surface area contributed by atoms with Crippen LogP contribution in [-0.2, 0) is 38.6 Å². The summed E-state index contributed by atoms with van der Waals surface area (Å²) in [6.07, 6.45) is 0.669. The molecule has 7 N–H and O–H groups in total. The van der Waals surface area contributed by atoms with E-state index in [0.717, 1.165) is 28.5 Å². The summed E-state index contributed by atoms with van der Waals surface area (Å²) in [5.41, 5.74) is 4.61. The molecule has 2 heterocycles. The molecule has 0 aliphatic rings. The Balaban J connectivity index is 1.53. The number of para-hydroxylation sites is 1. The van der Waals surface area contributed by atoms with Crippen molar-refractivity contribution in [3.05, 3.63) is 88.5 Å². The molecule has 1 unspecified atom stereocenters. The number of carbonyl (C=O) groups is 4. The summed E-state index contributed by atoms with van der Waals surface area (Å²) in [5.74, 6) is -1.58. The van der Waals surface area contributed by atoms with Gasteiger partial charge in [0.15, 0.2) is 0 Å². The lowest BCUT2D eigenvalue weighted by Gasteiger charge is -2.29. The van der Waals surface area contributed by atoms with E-state index in [1.165, 1.54) is 11.3 Å². The van der Waals surface area contributed by atoms with Gasteiger partial charge in [-0.05, 0) is 35.4 Å². The van der Waals surface area contributed by atoms with Crippen LogP contribution in [0.2, 0.25) is 0 Å². The summed E-state index contributed by atoms with van der Waals surface area (Å²) in [4.78, 5) is 61.6. The van der Waals surface area contributed by atoms with E-state index in [1.54, 1.807) is 17.1 Å². The maximum Gasteiger partial charge on any atom is 0.408 e. The maximum atomic E-state index is 14.1. The zero-order valence-corrected chi connectivity index (χ0v) is 31.5. The van der Waals surface area contributed by atoms with Crippen LogP contribution in [0.1, 0.15) is 63.8 Å². The van der Waals surface area contributed by atoms with Crippen LogP contribution < -0.4 is 21.3 Å². The monoisotopic (exact) mass is 748 g/mol. The predicted molar refractivity (Wildman–Crippen MR) is 204 cm³/mol. The number of aromatic nitrogens is 2. The number of aliphatic hydroxyl groups excluding tert-OH is 2. The highest BCUT2D eigenvalue weighted by Gasteiger charge is 2.32. The van der Waals surface area contributed by atoms with Gasteiger partial charge in [0.2, 0.25) is 17.7 Å². The average Bonchev–Trinajstić information content (AvgIpc) is 3.82. The lowest BCUT2D eigenvalue weighted by molar-refractivity contribution is -0.131. The quantitative estimate of drug-likeness (QED) is 0.0705.